The van der Waals surface area contributed by atoms with E-state index in [2.05, 4.69) is 5.32 Å². The van der Waals surface area contributed by atoms with Crippen molar-refractivity contribution < 1.29 is 14.3 Å². The Balaban J connectivity index is 2.51. The Morgan fingerprint density at radius 3 is 2.93 bits per heavy atom. The number of aliphatic carboxylic acids is 1. The lowest BCUT2D eigenvalue weighted by Gasteiger charge is -2.04. The first-order chi connectivity index (χ1) is 7.09. The molecular formula is C11H12FNO2. The van der Waals surface area contributed by atoms with Crippen LogP contribution in [0.5, 0.6) is 0 Å². The van der Waals surface area contributed by atoms with Gasteiger partial charge in [0.1, 0.15) is 5.82 Å². The van der Waals surface area contributed by atoms with Gasteiger partial charge in [-0.05, 0) is 30.7 Å². The van der Waals surface area contributed by atoms with E-state index in [-0.39, 0.29) is 5.82 Å². The number of rotatable bonds is 4. The highest BCUT2D eigenvalue weighted by Crippen LogP contribution is 2.13. The van der Waals surface area contributed by atoms with Crippen LogP contribution in [0, 0.1) is 12.7 Å². The van der Waals surface area contributed by atoms with Crippen LogP contribution in [0.2, 0.25) is 0 Å². The number of halogens is 1. The van der Waals surface area contributed by atoms with Crippen molar-refractivity contribution in [2.75, 3.05) is 11.9 Å². The molecule has 0 fully saturated rings. The number of hydrogen-bond donors (Lipinski definition) is 2. The third kappa shape index (κ3) is 3.81. The van der Waals surface area contributed by atoms with Gasteiger partial charge in [0.15, 0.2) is 0 Å². The number of benzene rings is 1. The summed E-state index contributed by atoms with van der Waals surface area (Å²) in [7, 11) is 0. The fourth-order valence-corrected chi connectivity index (χ4v) is 1.09. The summed E-state index contributed by atoms with van der Waals surface area (Å²) in [6, 6.07) is 4.65. The molecule has 0 aliphatic heterocycles. The van der Waals surface area contributed by atoms with Crippen molar-refractivity contribution in [2.45, 2.75) is 6.92 Å². The van der Waals surface area contributed by atoms with Gasteiger partial charge in [-0.3, -0.25) is 0 Å². The predicted octanol–water partition coefficient (Wildman–Crippen LogP) is 2.19. The van der Waals surface area contributed by atoms with E-state index in [1.165, 1.54) is 12.1 Å². The van der Waals surface area contributed by atoms with Crippen LogP contribution in [-0.4, -0.2) is 17.6 Å². The van der Waals surface area contributed by atoms with Gasteiger partial charge in [-0.2, -0.15) is 0 Å². The van der Waals surface area contributed by atoms with E-state index in [1.54, 1.807) is 19.1 Å². The Morgan fingerprint density at radius 2 is 2.33 bits per heavy atom. The van der Waals surface area contributed by atoms with Crippen molar-refractivity contribution in [1.82, 2.24) is 0 Å². The Hall–Kier alpha value is -1.84. The van der Waals surface area contributed by atoms with Crippen LogP contribution in [0.4, 0.5) is 10.1 Å². The second-order valence-electron chi connectivity index (χ2n) is 3.09. The largest absolute Gasteiger partial charge is 0.478 e. The maximum Gasteiger partial charge on any atom is 0.328 e. The summed E-state index contributed by atoms with van der Waals surface area (Å²) in [6.45, 7) is 2.07. The fraction of sp³-hybridized carbons (Fsp3) is 0.182. The van der Waals surface area contributed by atoms with Crippen LogP contribution in [0.15, 0.2) is 30.4 Å². The third-order valence-electron chi connectivity index (χ3n) is 1.84. The lowest BCUT2D eigenvalue weighted by molar-refractivity contribution is -0.131. The van der Waals surface area contributed by atoms with Gasteiger partial charge in [0.25, 0.3) is 0 Å². The minimum atomic E-state index is -0.980. The first kappa shape index (κ1) is 11.2. The minimum absolute atomic E-state index is 0.248. The molecular weight excluding hydrogens is 197 g/mol. The summed E-state index contributed by atoms with van der Waals surface area (Å²) in [5, 5.41) is 11.3. The molecule has 15 heavy (non-hydrogen) atoms. The maximum atomic E-state index is 12.9. The number of carboxylic acids is 1. The van der Waals surface area contributed by atoms with E-state index in [4.69, 9.17) is 5.11 Å². The highest BCUT2D eigenvalue weighted by molar-refractivity contribution is 5.79. The predicted molar refractivity (Wildman–Crippen MR) is 56.4 cm³/mol. The van der Waals surface area contributed by atoms with E-state index < -0.39 is 5.97 Å². The van der Waals surface area contributed by atoms with Gasteiger partial charge in [-0.1, -0.05) is 6.08 Å². The highest BCUT2D eigenvalue weighted by atomic mass is 19.1. The quantitative estimate of drug-likeness (QED) is 0.747. The lowest BCUT2D eigenvalue weighted by atomic mass is 10.2. The van der Waals surface area contributed by atoms with Gasteiger partial charge >= 0.3 is 5.97 Å². The molecule has 0 heterocycles. The SMILES string of the molecule is Cc1cc(NC/C=C/C(=O)O)ccc1F. The molecule has 3 nitrogen and oxygen atoms in total. The second-order valence-corrected chi connectivity index (χ2v) is 3.09. The molecule has 0 bridgehead atoms. The van der Waals surface area contributed by atoms with Crippen LogP contribution in [0.25, 0.3) is 0 Å². The average molecular weight is 209 g/mol. The zero-order valence-electron chi connectivity index (χ0n) is 8.33. The first-order valence-corrected chi connectivity index (χ1v) is 4.49. The normalized spacial score (nSPS) is 10.5. The van der Waals surface area contributed by atoms with Crippen LogP contribution < -0.4 is 5.32 Å². The third-order valence-corrected chi connectivity index (χ3v) is 1.84. The van der Waals surface area contributed by atoms with Gasteiger partial charge < -0.3 is 10.4 Å². The van der Waals surface area contributed by atoms with Gasteiger partial charge in [-0.15, -0.1) is 0 Å². The van der Waals surface area contributed by atoms with Crippen LogP contribution in [0.3, 0.4) is 0 Å². The smallest absolute Gasteiger partial charge is 0.328 e. The Bertz CT molecular complexity index is 388. The Morgan fingerprint density at radius 1 is 1.60 bits per heavy atom. The molecule has 0 saturated carbocycles. The molecule has 0 aromatic heterocycles. The van der Waals surface area contributed by atoms with E-state index in [0.29, 0.717) is 12.1 Å². The molecule has 1 aromatic carbocycles. The number of hydrogen-bond acceptors (Lipinski definition) is 2. The Labute approximate surface area is 87.2 Å². The number of aryl methyl sites for hydroxylation is 1. The summed E-state index contributed by atoms with van der Waals surface area (Å²) in [4.78, 5) is 10.1. The second kappa shape index (κ2) is 5.14. The van der Waals surface area contributed by atoms with Gasteiger partial charge in [0, 0.05) is 18.3 Å². The van der Waals surface area contributed by atoms with E-state index in [9.17, 15) is 9.18 Å². The molecule has 2 N–H and O–H groups in total. The van der Waals surface area contributed by atoms with Crippen molar-refractivity contribution in [3.8, 4) is 0 Å². The number of carboxylic acid groups (broad SMARTS) is 1. The zero-order valence-corrected chi connectivity index (χ0v) is 8.33. The van der Waals surface area contributed by atoms with Crippen LogP contribution in [-0.2, 0) is 4.79 Å². The summed E-state index contributed by atoms with van der Waals surface area (Å²) < 4.78 is 12.9. The average Bonchev–Trinajstić information content (AvgIpc) is 2.18. The summed E-state index contributed by atoms with van der Waals surface area (Å²) in [5.74, 6) is -1.23. The molecule has 4 heteroatoms. The Kier molecular flexibility index (Phi) is 3.85. The molecule has 1 aromatic rings. The summed E-state index contributed by atoms with van der Waals surface area (Å²) >= 11 is 0. The molecule has 0 atom stereocenters. The summed E-state index contributed by atoms with van der Waals surface area (Å²) in [6.07, 6.45) is 2.55. The minimum Gasteiger partial charge on any atom is -0.478 e. The number of anilines is 1. The van der Waals surface area contributed by atoms with Crippen LogP contribution in [0.1, 0.15) is 5.56 Å². The molecule has 80 valence electrons. The van der Waals surface area contributed by atoms with Crippen molar-refractivity contribution in [2.24, 2.45) is 0 Å². The molecule has 0 aliphatic rings. The van der Waals surface area contributed by atoms with Gasteiger partial charge in [-0.25, -0.2) is 9.18 Å². The standard InChI is InChI=1S/C11H12FNO2/c1-8-7-9(4-5-10(8)12)13-6-2-3-11(14)15/h2-5,7,13H,6H2,1H3,(H,14,15)/b3-2+. The molecule has 0 aliphatic carbocycles. The molecule has 1 rings (SSSR count). The van der Waals surface area contributed by atoms with Crippen molar-refractivity contribution in [3.05, 3.63) is 41.7 Å². The van der Waals surface area contributed by atoms with Gasteiger partial charge in [0.05, 0.1) is 0 Å². The molecule has 0 spiro atoms. The molecule has 0 saturated heterocycles. The van der Waals surface area contributed by atoms with Crippen molar-refractivity contribution in [3.63, 3.8) is 0 Å². The molecule has 0 unspecified atom stereocenters. The molecule has 0 amide bonds. The summed E-state index contributed by atoms with van der Waals surface area (Å²) in [5.41, 5.74) is 1.33. The highest BCUT2D eigenvalue weighted by Gasteiger charge is 1.97. The van der Waals surface area contributed by atoms with Crippen LogP contribution >= 0.6 is 0 Å². The van der Waals surface area contributed by atoms with Crippen molar-refractivity contribution >= 4 is 11.7 Å². The van der Waals surface area contributed by atoms with E-state index in [0.717, 1.165) is 11.8 Å². The van der Waals surface area contributed by atoms with Crippen molar-refractivity contribution in [1.29, 1.82) is 0 Å². The fourth-order valence-electron chi connectivity index (χ4n) is 1.09. The topological polar surface area (TPSA) is 49.3 Å². The van der Waals surface area contributed by atoms with E-state index in [1.807, 2.05) is 0 Å². The van der Waals surface area contributed by atoms with Gasteiger partial charge in [0.2, 0.25) is 0 Å². The number of nitrogens with one attached hydrogen (secondary N) is 1. The maximum absolute atomic E-state index is 12.9. The molecule has 0 radical (unpaired) electrons. The number of carbonyl (C=O) groups is 1. The van der Waals surface area contributed by atoms with E-state index >= 15 is 0 Å². The zero-order chi connectivity index (χ0) is 11.3. The lowest BCUT2D eigenvalue weighted by Crippen LogP contribution is -2.00. The first-order valence-electron chi connectivity index (χ1n) is 4.49. The monoisotopic (exact) mass is 209 g/mol.